The van der Waals surface area contributed by atoms with Gasteiger partial charge in [0.25, 0.3) is 0 Å². The molecule has 1 aromatic heterocycles. The fourth-order valence-corrected chi connectivity index (χ4v) is 7.36. The van der Waals surface area contributed by atoms with E-state index < -0.39 is 0 Å². The minimum atomic E-state index is 0.115. The Bertz CT molecular complexity index is 1230. The van der Waals surface area contributed by atoms with E-state index in [1.807, 2.05) is 6.20 Å². The van der Waals surface area contributed by atoms with Crippen LogP contribution in [0.2, 0.25) is 0 Å². The number of fused-ring (bicyclic) bond motifs is 5. The molecule has 2 aromatic carbocycles. The average Bonchev–Trinajstić information content (AvgIpc) is 3.21. The molecule has 0 aliphatic carbocycles. The van der Waals surface area contributed by atoms with Crippen LogP contribution in [0, 0.1) is 18.3 Å². The van der Waals surface area contributed by atoms with Crippen LogP contribution in [0.25, 0.3) is 11.1 Å². The van der Waals surface area contributed by atoms with Gasteiger partial charge in [-0.1, -0.05) is 70.5 Å². The zero-order valence-electron chi connectivity index (χ0n) is 23.3. The molecule has 2 aliphatic rings. The van der Waals surface area contributed by atoms with Crippen LogP contribution in [0.5, 0.6) is 0 Å². The number of rotatable bonds is 6. The summed E-state index contributed by atoms with van der Waals surface area (Å²) in [6, 6.07) is 20.8. The van der Waals surface area contributed by atoms with E-state index in [0.29, 0.717) is 17.9 Å². The highest BCUT2D eigenvalue weighted by Crippen LogP contribution is 2.60. The molecule has 4 unspecified atom stereocenters. The maximum atomic E-state index is 5.04. The number of hydrogen-bond donors (Lipinski definition) is 0. The maximum absolute atomic E-state index is 5.04. The summed E-state index contributed by atoms with van der Waals surface area (Å²) < 4.78 is 0. The van der Waals surface area contributed by atoms with Crippen molar-refractivity contribution in [1.82, 2.24) is 4.98 Å². The summed E-state index contributed by atoms with van der Waals surface area (Å²) in [4.78, 5) is 10.4. The van der Waals surface area contributed by atoms with Crippen LogP contribution in [0.4, 0.5) is 17.2 Å². The zero-order valence-corrected chi connectivity index (χ0v) is 23.3. The summed E-state index contributed by atoms with van der Waals surface area (Å²) in [7, 11) is 0. The van der Waals surface area contributed by atoms with Crippen LogP contribution in [-0.4, -0.2) is 17.2 Å². The van der Waals surface area contributed by atoms with Crippen molar-refractivity contribution in [2.45, 2.75) is 92.3 Å². The summed E-state index contributed by atoms with van der Waals surface area (Å²) in [6.45, 7) is 16.7. The molecule has 0 radical (unpaired) electrons. The Balaban J connectivity index is 1.84. The van der Waals surface area contributed by atoms with E-state index in [0.717, 1.165) is 18.7 Å². The van der Waals surface area contributed by atoms with Gasteiger partial charge in [0, 0.05) is 23.3 Å². The molecule has 3 heteroatoms. The lowest BCUT2D eigenvalue weighted by Crippen LogP contribution is -2.56. The van der Waals surface area contributed by atoms with Gasteiger partial charge in [-0.25, -0.2) is 4.98 Å². The summed E-state index contributed by atoms with van der Waals surface area (Å²) in [5.74, 6) is 2.25. The van der Waals surface area contributed by atoms with E-state index in [2.05, 4.69) is 113 Å². The lowest BCUT2D eigenvalue weighted by molar-refractivity contribution is 0.101. The first-order chi connectivity index (χ1) is 17.4. The molecule has 0 amide bonds. The van der Waals surface area contributed by atoms with Crippen LogP contribution in [0.15, 0.2) is 60.8 Å². The lowest BCUT2D eigenvalue weighted by Gasteiger charge is -2.50. The second kappa shape index (κ2) is 9.57. The molecule has 3 aromatic rings. The summed E-state index contributed by atoms with van der Waals surface area (Å²) in [6.07, 6.45) is 6.99. The second-order valence-corrected chi connectivity index (χ2v) is 11.4. The van der Waals surface area contributed by atoms with Gasteiger partial charge in [0.05, 0.1) is 5.69 Å². The fourth-order valence-electron chi connectivity index (χ4n) is 7.36. The summed E-state index contributed by atoms with van der Waals surface area (Å²) in [5, 5.41) is 0. The van der Waals surface area contributed by atoms with Gasteiger partial charge in [-0.2, -0.15) is 0 Å². The minimum Gasteiger partial charge on any atom is -0.345 e. The fraction of sp³-hybridized carbons (Fsp3) is 0.485. The highest BCUT2D eigenvalue weighted by Gasteiger charge is 2.55. The normalized spacial score (nSPS) is 24.9. The predicted molar refractivity (Wildman–Crippen MR) is 154 cm³/mol. The predicted octanol–water partition coefficient (Wildman–Crippen LogP) is 9.09. The van der Waals surface area contributed by atoms with Gasteiger partial charge < -0.3 is 9.80 Å². The molecule has 0 saturated heterocycles. The van der Waals surface area contributed by atoms with Gasteiger partial charge >= 0.3 is 0 Å². The van der Waals surface area contributed by atoms with Crippen molar-refractivity contribution in [2.24, 2.45) is 11.3 Å². The van der Waals surface area contributed by atoms with E-state index in [1.165, 1.54) is 46.5 Å². The molecule has 3 nitrogen and oxygen atoms in total. The van der Waals surface area contributed by atoms with Gasteiger partial charge in [-0.3, -0.25) is 0 Å². The highest BCUT2D eigenvalue weighted by atomic mass is 15.5. The molecule has 0 N–H and O–H groups in total. The maximum Gasteiger partial charge on any atom is 0.158 e. The summed E-state index contributed by atoms with van der Waals surface area (Å²) in [5.41, 5.74) is 8.18. The van der Waals surface area contributed by atoms with Crippen LogP contribution in [0.3, 0.4) is 0 Å². The van der Waals surface area contributed by atoms with E-state index in [9.17, 15) is 0 Å². The SMILES string of the molecule is CCCC1C(CC)c2ccc(-c3ccccc3C)cc2N2c3ncccc3N(C(C)C)C2C1(C)CC. The van der Waals surface area contributed by atoms with Crippen molar-refractivity contribution in [3.05, 3.63) is 71.9 Å². The number of aryl methyl sites for hydroxylation is 1. The van der Waals surface area contributed by atoms with Crippen LogP contribution >= 0.6 is 0 Å². The number of anilines is 3. The molecule has 2 aliphatic heterocycles. The Morgan fingerprint density at radius 3 is 2.42 bits per heavy atom. The smallest absolute Gasteiger partial charge is 0.158 e. The molecular formula is C33H43N3. The first kappa shape index (κ1) is 24.9. The van der Waals surface area contributed by atoms with Gasteiger partial charge in [0.15, 0.2) is 5.82 Å². The first-order valence-electron chi connectivity index (χ1n) is 14.1. The molecular weight excluding hydrogens is 438 g/mol. The Morgan fingerprint density at radius 2 is 1.75 bits per heavy atom. The third-order valence-electron chi connectivity index (χ3n) is 9.21. The quantitative estimate of drug-likeness (QED) is 0.350. The molecule has 5 rings (SSSR count). The van der Waals surface area contributed by atoms with E-state index in [1.54, 1.807) is 0 Å². The van der Waals surface area contributed by atoms with Gasteiger partial charge in [0.2, 0.25) is 0 Å². The number of nitrogens with zero attached hydrogens (tertiary/aromatic N) is 3. The van der Waals surface area contributed by atoms with Crippen molar-refractivity contribution in [3.63, 3.8) is 0 Å². The standard InChI is InChI=1S/C33H43N3/c1-8-14-28-25(9-2)27-19-18-24(26-16-12-11-15-23(26)6)21-30(27)36-31-29(17-13-20-34-31)35(22(4)5)32(36)33(28,7)10-3/h11-13,15-22,25,28,32H,8-10,14H2,1-7H3. The second-order valence-electron chi connectivity index (χ2n) is 11.4. The third kappa shape index (κ3) is 3.66. The minimum absolute atomic E-state index is 0.115. The van der Waals surface area contributed by atoms with Crippen molar-refractivity contribution in [3.8, 4) is 11.1 Å². The topological polar surface area (TPSA) is 19.4 Å². The molecule has 3 heterocycles. The highest BCUT2D eigenvalue weighted by molar-refractivity contribution is 5.85. The molecule has 190 valence electrons. The van der Waals surface area contributed by atoms with Crippen molar-refractivity contribution in [1.29, 1.82) is 0 Å². The summed E-state index contributed by atoms with van der Waals surface area (Å²) >= 11 is 0. The Hall–Kier alpha value is -2.81. The Labute approximate surface area is 218 Å². The van der Waals surface area contributed by atoms with E-state index in [-0.39, 0.29) is 11.6 Å². The van der Waals surface area contributed by atoms with E-state index >= 15 is 0 Å². The van der Waals surface area contributed by atoms with Crippen LogP contribution in [-0.2, 0) is 0 Å². The van der Waals surface area contributed by atoms with Gasteiger partial charge in [-0.05, 0) is 92.3 Å². The Morgan fingerprint density at radius 1 is 0.972 bits per heavy atom. The third-order valence-corrected chi connectivity index (χ3v) is 9.21. The largest absolute Gasteiger partial charge is 0.345 e. The lowest BCUT2D eigenvalue weighted by atomic mass is 9.63. The number of pyridine rings is 1. The first-order valence-corrected chi connectivity index (χ1v) is 14.1. The average molecular weight is 482 g/mol. The van der Waals surface area contributed by atoms with Gasteiger partial charge in [0.1, 0.15) is 6.17 Å². The van der Waals surface area contributed by atoms with Crippen LogP contribution in [0.1, 0.15) is 84.3 Å². The molecule has 0 fully saturated rings. The van der Waals surface area contributed by atoms with E-state index in [4.69, 9.17) is 4.98 Å². The number of aromatic nitrogens is 1. The molecule has 0 spiro atoms. The number of benzene rings is 2. The molecule has 0 saturated carbocycles. The zero-order chi connectivity index (χ0) is 25.6. The van der Waals surface area contributed by atoms with Gasteiger partial charge in [-0.15, -0.1) is 0 Å². The van der Waals surface area contributed by atoms with Crippen LogP contribution < -0.4 is 9.80 Å². The van der Waals surface area contributed by atoms with Crippen molar-refractivity contribution in [2.75, 3.05) is 9.80 Å². The monoisotopic (exact) mass is 481 g/mol. The van der Waals surface area contributed by atoms with Crippen molar-refractivity contribution < 1.29 is 0 Å². The molecule has 36 heavy (non-hydrogen) atoms. The molecule has 0 bridgehead atoms. The molecule has 4 atom stereocenters. The van der Waals surface area contributed by atoms with Crippen molar-refractivity contribution >= 4 is 17.2 Å². The number of hydrogen-bond acceptors (Lipinski definition) is 3. The Kier molecular flexibility index (Phi) is 6.61.